The Morgan fingerprint density at radius 3 is 2.50 bits per heavy atom. The Morgan fingerprint density at radius 1 is 1.44 bits per heavy atom. The van der Waals surface area contributed by atoms with Gasteiger partial charge in [-0.15, -0.1) is 0 Å². The molecule has 3 atom stereocenters. The maximum atomic E-state index is 6.04. The Labute approximate surface area is 99.7 Å². The van der Waals surface area contributed by atoms with Gasteiger partial charge in [0.25, 0.3) is 0 Å². The topological polar surface area (TPSA) is 44.5 Å². The molecule has 0 heterocycles. The molecule has 0 aromatic carbocycles. The summed E-state index contributed by atoms with van der Waals surface area (Å²) in [6, 6.07) is 0.304. The van der Waals surface area contributed by atoms with Gasteiger partial charge < -0.3 is 15.2 Å². The van der Waals surface area contributed by atoms with Gasteiger partial charge in [0.1, 0.15) is 0 Å². The van der Waals surface area contributed by atoms with Crippen LogP contribution in [0.4, 0.5) is 0 Å². The van der Waals surface area contributed by atoms with Gasteiger partial charge in [-0.25, -0.2) is 0 Å². The molecule has 0 radical (unpaired) electrons. The molecule has 0 spiro atoms. The van der Waals surface area contributed by atoms with Crippen LogP contribution in [0.3, 0.4) is 0 Å². The summed E-state index contributed by atoms with van der Waals surface area (Å²) in [7, 11) is 1.75. The Bertz CT molecular complexity index is 230. The number of hydrogen-bond acceptors (Lipinski definition) is 3. The van der Waals surface area contributed by atoms with Crippen molar-refractivity contribution in [1.82, 2.24) is 0 Å². The summed E-state index contributed by atoms with van der Waals surface area (Å²) in [5.41, 5.74) is 6.13. The fourth-order valence-electron chi connectivity index (χ4n) is 2.14. The quantitative estimate of drug-likeness (QED) is 0.760. The molecule has 0 aromatic rings. The van der Waals surface area contributed by atoms with E-state index < -0.39 is 0 Å². The van der Waals surface area contributed by atoms with Crippen molar-refractivity contribution in [2.75, 3.05) is 13.7 Å². The van der Waals surface area contributed by atoms with Crippen LogP contribution >= 0.6 is 0 Å². The minimum atomic E-state index is -0.0888. The van der Waals surface area contributed by atoms with Crippen molar-refractivity contribution in [3.8, 4) is 0 Å². The van der Waals surface area contributed by atoms with Crippen molar-refractivity contribution in [1.29, 1.82) is 0 Å². The molecule has 0 aromatic heterocycles. The number of rotatable bonds is 6. The lowest BCUT2D eigenvalue weighted by atomic mass is 9.62. The summed E-state index contributed by atoms with van der Waals surface area (Å²) in [4.78, 5) is 0. The van der Waals surface area contributed by atoms with Crippen molar-refractivity contribution in [3.05, 3.63) is 0 Å². The summed E-state index contributed by atoms with van der Waals surface area (Å²) >= 11 is 0. The third-order valence-corrected chi connectivity index (χ3v) is 4.39. The average Bonchev–Trinajstić information content (AvgIpc) is 2.26. The Balaban J connectivity index is 2.30. The lowest BCUT2D eigenvalue weighted by Crippen LogP contribution is -2.60. The highest BCUT2D eigenvalue weighted by atomic mass is 16.5. The molecule has 96 valence electrons. The molecule has 0 aliphatic heterocycles. The van der Waals surface area contributed by atoms with E-state index in [1.54, 1.807) is 7.11 Å². The molecule has 0 saturated heterocycles. The van der Waals surface area contributed by atoms with Crippen LogP contribution in [0.25, 0.3) is 0 Å². The van der Waals surface area contributed by atoms with Gasteiger partial charge in [0.15, 0.2) is 0 Å². The first-order chi connectivity index (χ1) is 7.35. The molecular formula is C13H27NO2. The fourth-order valence-corrected chi connectivity index (χ4v) is 2.14. The van der Waals surface area contributed by atoms with Gasteiger partial charge in [-0.1, -0.05) is 13.8 Å². The lowest BCUT2D eigenvalue weighted by Gasteiger charge is -2.52. The van der Waals surface area contributed by atoms with Gasteiger partial charge in [0, 0.05) is 25.2 Å². The van der Waals surface area contributed by atoms with Crippen LogP contribution in [0.15, 0.2) is 0 Å². The molecule has 16 heavy (non-hydrogen) atoms. The summed E-state index contributed by atoms with van der Waals surface area (Å²) in [6.07, 6.45) is 3.35. The van der Waals surface area contributed by atoms with E-state index in [1.807, 2.05) is 0 Å². The number of nitrogens with two attached hydrogens (primary N) is 1. The first kappa shape index (κ1) is 13.9. The Morgan fingerprint density at radius 2 is 2.06 bits per heavy atom. The maximum absolute atomic E-state index is 6.04. The number of ether oxygens (including phenoxy) is 2. The van der Waals surface area contributed by atoms with Gasteiger partial charge >= 0.3 is 0 Å². The standard InChI is InChI=1S/C13H27NO2/c1-6-13(4)10(14)9-11(13)16-8-7-12(2,3)15-5/h10-11H,6-9,14H2,1-5H3. The molecule has 3 heteroatoms. The fraction of sp³-hybridized carbons (Fsp3) is 1.00. The lowest BCUT2D eigenvalue weighted by molar-refractivity contribution is -0.129. The van der Waals surface area contributed by atoms with Crippen LogP contribution in [-0.2, 0) is 9.47 Å². The van der Waals surface area contributed by atoms with Crippen LogP contribution in [0, 0.1) is 5.41 Å². The smallest absolute Gasteiger partial charge is 0.0658 e. The van der Waals surface area contributed by atoms with Crippen LogP contribution in [0.5, 0.6) is 0 Å². The number of hydrogen-bond donors (Lipinski definition) is 1. The van der Waals surface area contributed by atoms with Gasteiger partial charge in [-0.05, 0) is 33.1 Å². The van der Waals surface area contributed by atoms with Crippen molar-refractivity contribution in [2.45, 2.75) is 64.7 Å². The van der Waals surface area contributed by atoms with E-state index >= 15 is 0 Å². The zero-order valence-electron chi connectivity index (χ0n) is 11.4. The largest absolute Gasteiger partial charge is 0.379 e. The zero-order valence-corrected chi connectivity index (χ0v) is 11.4. The zero-order chi connectivity index (χ0) is 12.4. The SMILES string of the molecule is CCC1(C)C(N)CC1OCCC(C)(C)OC. The summed E-state index contributed by atoms with van der Waals surface area (Å²) in [5, 5.41) is 0. The maximum Gasteiger partial charge on any atom is 0.0658 e. The molecule has 1 rings (SSSR count). The molecule has 2 N–H and O–H groups in total. The van der Waals surface area contributed by atoms with Crippen LogP contribution in [0.1, 0.15) is 47.0 Å². The van der Waals surface area contributed by atoms with Gasteiger partial charge in [0.2, 0.25) is 0 Å². The van der Waals surface area contributed by atoms with Crippen LogP contribution in [0.2, 0.25) is 0 Å². The minimum absolute atomic E-state index is 0.0888. The third kappa shape index (κ3) is 2.76. The van der Waals surface area contributed by atoms with Crippen LogP contribution in [-0.4, -0.2) is 31.5 Å². The highest BCUT2D eigenvalue weighted by molar-refractivity contribution is 5.03. The molecular weight excluding hydrogens is 202 g/mol. The molecule has 3 unspecified atom stereocenters. The van der Waals surface area contributed by atoms with Crippen molar-refractivity contribution >= 4 is 0 Å². The number of methoxy groups -OCH3 is 1. The van der Waals surface area contributed by atoms with E-state index in [1.165, 1.54) is 0 Å². The molecule has 1 saturated carbocycles. The van der Waals surface area contributed by atoms with E-state index in [0.29, 0.717) is 12.1 Å². The van der Waals surface area contributed by atoms with Crippen molar-refractivity contribution in [3.63, 3.8) is 0 Å². The summed E-state index contributed by atoms with van der Waals surface area (Å²) in [5.74, 6) is 0. The average molecular weight is 229 g/mol. The minimum Gasteiger partial charge on any atom is -0.379 e. The molecule has 1 aliphatic rings. The Hall–Kier alpha value is -0.120. The first-order valence-corrected chi connectivity index (χ1v) is 6.28. The van der Waals surface area contributed by atoms with Gasteiger partial charge in [0.05, 0.1) is 11.7 Å². The predicted molar refractivity (Wildman–Crippen MR) is 66.4 cm³/mol. The first-order valence-electron chi connectivity index (χ1n) is 6.28. The van der Waals surface area contributed by atoms with Gasteiger partial charge in [-0.3, -0.25) is 0 Å². The highest BCUT2D eigenvalue weighted by Gasteiger charge is 2.49. The normalized spacial score (nSPS) is 34.9. The molecule has 1 aliphatic carbocycles. The second-order valence-corrected chi connectivity index (χ2v) is 5.77. The van der Waals surface area contributed by atoms with Crippen molar-refractivity contribution < 1.29 is 9.47 Å². The van der Waals surface area contributed by atoms with E-state index in [0.717, 1.165) is 25.9 Å². The second kappa shape index (κ2) is 5.03. The molecule has 1 fully saturated rings. The highest BCUT2D eigenvalue weighted by Crippen LogP contribution is 2.44. The molecule has 3 nitrogen and oxygen atoms in total. The molecule has 0 bridgehead atoms. The Kier molecular flexibility index (Phi) is 4.38. The third-order valence-electron chi connectivity index (χ3n) is 4.39. The second-order valence-electron chi connectivity index (χ2n) is 5.77. The molecule has 0 amide bonds. The van der Waals surface area contributed by atoms with E-state index in [4.69, 9.17) is 15.2 Å². The van der Waals surface area contributed by atoms with E-state index in [2.05, 4.69) is 27.7 Å². The van der Waals surface area contributed by atoms with Gasteiger partial charge in [-0.2, -0.15) is 0 Å². The monoisotopic (exact) mass is 229 g/mol. The van der Waals surface area contributed by atoms with Crippen LogP contribution < -0.4 is 5.73 Å². The van der Waals surface area contributed by atoms with E-state index in [-0.39, 0.29) is 11.0 Å². The predicted octanol–water partition coefficient (Wildman–Crippen LogP) is 2.33. The summed E-state index contributed by atoms with van der Waals surface area (Å²) < 4.78 is 11.3. The van der Waals surface area contributed by atoms with Crippen molar-refractivity contribution in [2.24, 2.45) is 11.1 Å². The summed E-state index contributed by atoms with van der Waals surface area (Å²) in [6.45, 7) is 9.35. The van der Waals surface area contributed by atoms with E-state index in [9.17, 15) is 0 Å².